The van der Waals surface area contributed by atoms with Crippen molar-refractivity contribution in [1.29, 1.82) is 0 Å². The predicted octanol–water partition coefficient (Wildman–Crippen LogP) is 4.76. The molecule has 40 heavy (non-hydrogen) atoms. The summed E-state index contributed by atoms with van der Waals surface area (Å²) in [6.45, 7) is 9.16. The molecule has 1 aliphatic heterocycles. The lowest BCUT2D eigenvalue weighted by atomic mass is 9.80. The van der Waals surface area contributed by atoms with Gasteiger partial charge in [-0.1, -0.05) is 30.4 Å². The normalized spacial score (nSPS) is 19.4. The number of benzene rings is 1. The highest BCUT2D eigenvalue weighted by atomic mass is 16.6. The van der Waals surface area contributed by atoms with Crippen LogP contribution in [0.2, 0.25) is 0 Å². The van der Waals surface area contributed by atoms with Crippen molar-refractivity contribution in [2.75, 3.05) is 26.2 Å². The van der Waals surface area contributed by atoms with Crippen LogP contribution in [0.15, 0.2) is 61.0 Å². The van der Waals surface area contributed by atoms with Crippen LogP contribution in [0.25, 0.3) is 27.7 Å². The van der Waals surface area contributed by atoms with Crippen molar-refractivity contribution in [2.45, 2.75) is 39.7 Å². The van der Waals surface area contributed by atoms with E-state index in [0.717, 1.165) is 33.3 Å². The molecule has 3 N–H and O–H groups in total. The number of hydrogen-bond acceptors (Lipinski definition) is 5. The highest BCUT2D eigenvalue weighted by Crippen LogP contribution is 2.35. The van der Waals surface area contributed by atoms with Gasteiger partial charge < -0.3 is 25.3 Å². The molecule has 0 saturated carbocycles. The zero-order valence-electron chi connectivity index (χ0n) is 23.4. The Bertz CT molecular complexity index is 1520. The molecule has 1 unspecified atom stereocenters. The Kier molecular flexibility index (Phi) is 6.99. The van der Waals surface area contributed by atoms with Gasteiger partial charge in [0.2, 0.25) is 5.91 Å². The number of primary amides is 1. The monoisotopic (exact) mass is 541 g/mol. The molecule has 0 spiro atoms. The zero-order chi connectivity index (χ0) is 28.7. The van der Waals surface area contributed by atoms with Gasteiger partial charge in [0.05, 0.1) is 5.41 Å². The number of nitrogens with one attached hydrogen (secondary N) is 1. The summed E-state index contributed by atoms with van der Waals surface area (Å²) in [7, 11) is 0. The maximum absolute atomic E-state index is 13.1. The van der Waals surface area contributed by atoms with Crippen LogP contribution in [0.3, 0.4) is 0 Å². The van der Waals surface area contributed by atoms with Crippen molar-refractivity contribution in [3.05, 3.63) is 72.1 Å². The van der Waals surface area contributed by atoms with Gasteiger partial charge in [-0.3, -0.25) is 9.59 Å². The molecule has 1 aliphatic carbocycles. The van der Waals surface area contributed by atoms with Crippen LogP contribution in [0, 0.1) is 5.41 Å². The molecule has 1 aromatic carbocycles. The van der Waals surface area contributed by atoms with Gasteiger partial charge >= 0.3 is 6.09 Å². The molecule has 9 nitrogen and oxygen atoms in total. The van der Waals surface area contributed by atoms with Gasteiger partial charge in [0.25, 0.3) is 5.91 Å². The number of carbonyl (C=O) groups is 3. The first-order valence-corrected chi connectivity index (χ1v) is 13.5. The predicted molar refractivity (Wildman–Crippen MR) is 154 cm³/mol. The summed E-state index contributed by atoms with van der Waals surface area (Å²) in [5, 5.41) is 0.971. The number of aromatic amines is 1. The second kappa shape index (κ2) is 10.3. The van der Waals surface area contributed by atoms with Gasteiger partial charge in [0.15, 0.2) is 0 Å². The van der Waals surface area contributed by atoms with E-state index in [-0.39, 0.29) is 17.9 Å². The number of carbonyl (C=O) groups excluding carboxylic acids is 3. The Morgan fingerprint density at radius 1 is 1.02 bits per heavy atom. The first-order chi connectivity index (χ1) is 18.9. The molecular weight excluding hydrogens is 506 g/mol. The molecular formula is C31H35N5O4. The third-order valence-electron chi connectivity index (χ3n) is 7.47. The van der Waals surface area contributed by atoms with Crippen molar-refractivity contribution in [1.82, 2.24) is 19.8 Å². The molecule has 3 amide bonds. The van der Waals surface area contributed by atoms with Gasteiger partial charge in [-0.15, -0.1) is 0 Å². The molecule has 2 aliphatic rings. The maximum atomic E-state index is 13.1. The van der Waals surface area contributed by atoms with Crippen LogP contribution in [0.4, 0.5) is 4.79 Å². The van der Waals surface area contributed by atoms with E-state index in [0.29, 0.717) is 38.2 Å². The summed E-state index contributed by atoms with van der Waals surface area (Å²) in [5.74, 6) is -0.400. The largest absolute Gasteiger partial charge is 0.444 e. The zero-order valence-corrected chi connectivity index (χ0v) is 23.4. The molecule has 2 aromatic heterocycles. The third-order valence-corrected chi connectivity index (χ3v) is 7.47. The molecule has 9 heteroatoms. The van der Waals surface area contributed by atoms with Crippen molar-refractivity contribution in [3.63, 3.8) is 0 Å². The first kappa shape index (κ1) is 27.2. The van der Waals surface area contributed by atoms with E-state index in [1.54, 1.807) is 9.80 Å². The number of aromatic nitrogens is 2. The summed E-state index contributed by atoms with van der Waals surface area (Å²) >= 11 is 0. The summed E-state index contributed by atoms with van der Waals surface area (Å²) in [6, 6.07) is 9.60. The summed E-state index contributed by atoms with van der Waals surface area (Å²) < 4.78 is 5.45. The van der Waals surface area contributed by atoms with Crippen LogP contribution in [-0.2, 0) is 9.53 Å². The lowest BCUT2D eigenvalue weighted by Crippen LogP contribution is -2.51. The Labute approximate surface area is 233 Å². The lowest BCUT2D eigenvalue weighted by molar-refractivity contribution is -0.124. The van der Waals surface area contributed by atoms with Gasteiger partial charge in [-0.05, 0) is 63.5 Å². The van der Waals surface area contributed by atoms with Crippen LogP contribution in [-0.4, -0.2) is 69.5 Å². The average molecular weight is 542 g/mol. The van der Waals surface area contributed by atoms with Gasteiger partial charge in [-0.2, -0.15) is 0 Å². The first-order valence-electron chi connectivity index (χ1n) is 13.5. The van der Waals surface area contributed by atoms with Gasteiger partial charge in [0, 0.05) is 60.6 Å². The number of allylic oxidation sites excluding steroid dienone is 3. The SMILES string of the molecule is CC(C)(C)OC(=O)N1CCN(C(=O)c2ccc(-c3cnc4[nH]cc(C5=CCC(C)(C(N)=O)C=C5)c4c3)cc2)CC1. The van der Waals surface area contributed by atoms with E-state index in [1.807, 2.05) is 82.6 Å². The number of H-pyrrole nitrogens is 1. The Morgan fingerprint density at radius 2 is 1.70 bits per heavy atom. The Balaban J connectivity index is 1.28. The average Bonchev–Trinajstić information content (AvgIpc) is 3.35. The lowest BCUT2D eigenvalue weighted by Gasteiger charge is -2.35. The number of nitrogens with two attached hydrogens (primary N) is 1. The molecule has 3 heterocycles. The summed E-state index contributed by atoms with van der Waals surface area (Å²) in [4.78, 5) is 48.5. The number of rotatable bonds is 4. The van der Waals surface area contributed by atoms with Crippen LogP contribution in [0.5, 0.6) is 0 Å². The van der Waals surface area contributed by atoms with Crippen LogP contribution < -0.4 is 5.73 Å². The molecule has 1 atom stereocenters. The van der Waals surface area contributed by atoms with Crippen molar-refractivity contribution in [2.24, 2.45) is 11.1 Å². The van der Waals surface area contributed by atoms with Crippen molar-refractivity contribution >= 4 is 34.5 Å². The van der Waals surface area contributed by atoms with Crippen LogP contribution in [0.1, 0.15) is 50.0 Å². The number of hydrogen-bond donors (Lipinski definition) is 2. The molecule has 208 valence electrons. The molecule has 3 aromatic rings. The molecule has 5 rings (SSSR count). The highest BCUT2D eigenvalue weighted by molar-refractivity contribution is 5.97. The number of ether oxygens (including phenoxy) is 1. The molecule has 0 bridgehead atoms. The highest BCUT2D eigenvalue weighted by Gasteiger charge is 2.30. The minimum Gasteiger partial charge on any atom is -0.444 e. The second-order valence-electron chi connectivity index (χ2n) is 11.6. The molecule has 0 radical (unpaired) electrons. The fourth-order valence-electron chi connectivity index (χ4n) is 4.92. The number of fused-ring (bicyclic) bond motifs is 1. The topological polar surface area (TPSA) is 122 Å². The van der Waals surface area contributed by atoms with E-state index in [2.05, 4.69) is 16.0 Å². The third kappa shape index (κ3) is 5.50. The Hall–Kier alpha value is -4.40. The number of piperazine rings is 1. The second-order valence-corrected chi connectivity index (χ2v) is 11.6. The van der Waals surface area contributed by atoms with Gasteiger partial charge in [0.1, 0.15) is 11.2 Å². The number of nitrogens with zero attached hydrogens (tertiary/aromatic N) is 3. The smallest absolute Gasteiger partial charge is 0.410 e. The quantitative estimate of drug-likeness (QED) is 0.493. The number of pyridine rings is 1. The molecule has 1 fully saturated rings. The number of amides is 3. The minimum absolute atomic E-state index is 0.0594. The van der Waals surface area contributed by atoms with Crippen molar-refractivity contribution in [3.8, 4) is 11.1 Å². The minimum atomic E-state index is -0.677. The standard InChI is InChI=1S/C31H35N5O4/c1-30(2,3)40-29(39)36-15-13-35(14-16-36)27(37)22-7-5-20(6-8-22)23-17-24-25(19-34-26(24)33-18-23)21-9-11-31(4,12-10-21)28(32)38/h5-11,17-19H,12-16H2,1-4H3,(H2,32,38)(H,33,34). The molecule has 1 saturated heterocycles. The maximum Gasteiger partial charge on any atom is 0.410 e. The van der Waals surface area contributed by atoms with E-state index < -0.39 is 11.0 Å². The van der Waals surface area contributed by atoms with Crippen LogP contribution >= 0.6 is 0 Å². The summed E-state index contributed by atoms with van der Waals surface area (Å²) in [6.07, 6.45) is 9.78. The van der Waals surface area contributed by atoms with E-state index in [9.17, 15) is 14.4 Å². The fraction of sp³-hybridized carbons (Fsp3) is 0.355. The van der Waals surface area contributed by atoms with E-state index in [1.165, 1.54) is 0 Å². The van der Waals surface area contributed by atoms with Gasteiger partial charge in [-0.25, -0.2) is 9.78 Å². The van der Waals surface area contributed by atoms with E-state index >= 15 is 0 Å². The van der Waals surface area contributed by atoms with E-state index in [4.69, 9.17) is 10.5 Å². The fourth-order valence-corrected chi connectivity index (χ4v) is 4.92. The summed E-state index contributed by atoms with van der Waals surface area (Å²) in [5.41, 5.74) is 9.61. The Morgan fingerprint density at radius 3 is 2.30 bits per heavy atom. The van der Waals surface area contributed by atoms with Crippen molar-refractivity contribution < 1.29 is 19.1 Å².